The zero-order chi connectivity index (χ0) is 34.0. The number of aryl methyl sites for hydroxylation is 3. The third-order valence-electron chi connectivity index (χ3n) is 9.78. The summed E-state index contributed by atoms with van der Waals surface area (Å²) in [5.41, 5.74) is 15.0. The van der Waals surface area contributed by atoms with Crippen LogP contribution in [0.3, 0.4) is 0 Å². The molecule has 7 aromatic carbocycles. The molecule has 0 aliphatic carbocycles. The minimum absolute atomic E-state index is 0.632. The number of hydrogen-bond donors (Lipinski definition) is 0. The van der Waals surface area contributed by atoms with E-state index < -0.39 is 0 Å². The second kappa shape index (κ2) is 13.1. The van der Waals surface area contributed by atoms with Crippen LogP contribution in [0.15, 0.2) is 158 Å². The molecule has 0 amide bonds. The van der Waals surface area contributed by atoms with Crippen LogP contribution in [0.4, 0.5) is 0 Å². The van der Waals surface area contributed by atoms with E-state index in [4.69, 9.17) is 0 Å². The molecular formula is C47H33N3. The van der Waals surface area contributed by atoms with Crippen LogP contribution in [0.25, 0.3) is 60.9 Å². The van der Waals surface area contributed by atoms with Crippen LogP contribution in [0.2, 0.25) is 0 Å². The minimum atomic E-state index is 0.632. The van der Waals surface area contributed by atoms with E-state index in [1.165, 1.54) is 27.8 Å². The van der Waals surface area contributed by atoms with E-state index in [1.54, 1.807) is 0 Å². The van der Waals surface area contributed by atoms with Gasteiger partial charge in [-0.05, 0) is 118 Å². The first kappa shape index (κ1) is 30.6. The number of aromatic nitrogens is 1. The van der Waals surface area contributed by atoms with Crippen molar-refractivity contribution in [1.29, 1.82) is 10.5 Å². The SMILES string of the molecule is Cc1ccccc1-c1ccccc1CCc1ccccc1-c1cc(C#N)cc(-c2ccc(-n3c4ccccc4c4c(C#N)cccc43)cc2)c1. The summed E-state index contributed by atoms with van der Waals surface area (Å²) in [4.78, 5) is 0. The molecular weight excluding hydrogens is 607 g/mol. The highest BCUT2D eigenvalue weighted by Gasteiger charge is 2.16. The number of hydrogen-bond acceptors (Lipinski definition) is 2. The van der Waals surface area contributed by atoms with Crippen molar-refractivity contribution in [3.63, 3.8) is 0 Å². The second-order valence-corrected chi connectivity index (χ2v) is 12.8. The molecule has 0 saturated heterocycles. The van der Waals surface area contributed by atoms with Crippen molar-refractivity contribution in [2.24, 2.45) is 0 Å². The quantitative estimate of drug-likeness (QED) is 0.174. The van der Waals surface area contributed by atoms with E-state index in [2.05, 4.69) is 145 Å². The van der Waals surface area contributed by atoms with Gasteiger partial charge in [0.2, 0.25) is 0 Å². The van der Waals surface area contributed by atoms with Gasteiger partial charge in [-0.1, -0.05) is 109 Å². The van der Waals surface area contributed by atoms with Crippen LogP contribution in [0.5, 0.6) is 0 Å². The molecule has 0 bridgehead atoms. The first-order chi connectivity index (χ1) is 24.6. The zero-order valence-electron chi connectivity index (χ0n) is 27.8. The molecule has 1 heterocycles. The maximum absolute atomic E-state index is 10.1. The van der Waals surface area contributed by atoms with E-state index in [0.29, 0.717) is 11.1 Å². The van der Waals surface area contributed by atoms with Crippen molar-refractivity contribution in [3.8, 4) is 51.2 Å². The number of rotatable bonds is 7. The van der Waals surface area contributed by atoms with Crippen LogP contribution in [0.1, 0.15) is 27.8 Å². The Kier molecular flexibility index (Phi) is 8.02. The lowest BCUT2D eigenvalue weighted by atomic mass is 9.89. The maximum atomic E-state index is 10.1. The van der Waals surface area contributed by atoms with Gasteiger partial charge in [0.25, 0.3) is 0 Å². The molecule has 1 aromatic heterocycles. The average Bonchev–Trinajstić information content (AvgIpc) is 3.52. The van der Waals surface area contributed by atoms with E-state index in [9.17, 15) is 10.5 Å². The molecule has 0 saturated carbocycles. The van der Waals surface area contributed by atoms with Crippen LogP contribution in [-0.2, 0) is 12.8 Å². The Morgan fingerprint density at radius 3 is 1.86 bits per heavy atom. The van der Waals surface area contributed by atoms with Gasteiger partial charge >= 0.3 is 0 Å². The summed E-state index contributed by atoms with van der Waals surface area (Å²) in [6, 6.07) is 59.5. The maximum Gasteiger partial charge on any atom is 0.0998 e. The predicted molar refractivity (Wildman–Crippen MR) is 205 cm³/mol. The molecule has 50 heavy (non-hydrogen) atoms. The van der Waals surface area contributed by atoms with Crippen LogP contribution < -0.4 is 0 Å². The van der Waals surface area contributed by atoms with Crippen LogP contribution in [0, 0.1) is 29.6 Å². The number of nitriles is 2. The van der Waals surface area contributed by atoms with Gasteiger partial charge in [0.1, 0.15) is 0 Å². The first-order valence-electron chi connectivity index (χ1n) is 16.9. The number of nitrogens with zero attached hydrogens (tertiary/aromatic N) is 3. The zero-order valence-corrected chi connectivity index (χ0v) is 27.8. The molecule has 0 aliphatic heterocycles. The summed E-state index contributed by atoms with van der Waals surface area (Å²) in [6.07, 6.45) is 1.79. The highest BCUT2D eigenvalue weighted by atomic mass is 15.0. The molecule has 0 radical (unpaired) electrons. The molecule has 0 fully saturated rings. The van der Waals surface area contributed by atoms with E-state index in [1.807, 2.05) is 36.4 Å². The molecule has 236 valence electrons. The van der Waals surface area contributed by atoms with Crippen LogP contribution in [-0.4, -0.2) is 4.57 Å². The molecule has 0 spiro atoms. The number of fused-ring (bicyclic) bond motifs is 3. The van der Waals surface area contributed by atoms with Crippen LogP contribution >= 0.6 is 0 Å². The molecule has 0 N–H and O–H groups in total. The van der Waals surface area contributed by atoms with Gasteiger partial charge < -0.3 is 4.57 Å². The van der Waals surface area contributed by atoms with Crippen molar-refractivity contribution in [3.05, 3.63) is 186 Å². The summed E-state index contributed by atoms with van der Waals surface area (Å²) in [7, 11) is 0. The van der Waals surface area contributed by atoms with Gasteiger partial charge in [-0.3, -0.25) is 0 Å². The van der Waals surface area contributed by atoms with E-state index in [0.717, 1.165) is 62.6 Å². The second-order valence-electron chi connectivity index (χ2n) is 12.8. The number of benzene rings is 7. The normalized spacial score (nSPS) is 11.0. The molecule has 3 nitrogen and oxygen atoms in total. The monoisotopic (exact) mass is 639 g/mol. The van der Waals surface area contributed by atoms with E-state index in [-0.39, 0.29) is 0 Å². The van der Waals surface area contributed by atoms with E-state index >= 15 is 0 Å². The van der Waals surface area contributed by atoms with Crippen molar-refractivity contribution in [2.45, 2.75) is 19.8 Å². The molecule has 0 aliphatic rings. The van der Waals surface area contributed by atoms with Gasteiger partial charge in [-0.2, -0.15) is 10.5 Å². The molecule has 8 aromatic rings. The number of para-hydroxylation sites is 1. The Hall–Kier alpha value is -6.68. The lowest BCUT2D eigenvalue weighted by Crippen LogP contribution is -1.98. The van der Waals surface area contributed by atoms with Gasteiger partial charge in [0.15, 0.2) is 0 Å². The van der Waals surface area contributed by atoms with Gasteiger partial charge in [0, 0.05) is 16.5 Å². The highest BCUT2D eigenvalue weighted by Crippen LogP contribution is 2.36. The summed E-state index contributed by atoms with van der Waals surface area (Å²) in [6.45, 7) is 2.17. The van der Waals surface area contributed by atoms with Gasteiger partial charge in [0.05, 0.1) is 34.3 Å². The Morgan fingerprint density at radius 1 is 0.500 bits per heavy atom. The molecule has 3 heteroatoms. The molecule has 0 unspecified atom stereocenters. The third-order valence-corrected chi connectivity index (χ3v) is 9.78. The van der Waals surface area contributed by atoms with Crippen molar-refractivity contribution < 1.29 is 0 Å². The Morgan fingerprint density at radius 2 is 1.12 bits per heavy atom. The molecule has 8 rings (SSSR count). The summed E-state index contributed by atoms with van der Waals surface area (Å²) in [5.74, 6) is 0. The van der Waals surface area contributed by atoms with Gasteiger partial charge in [-0.15, -0.1) is 0 Å². The van der Waals surface area contributed by atoms with Gasteiger partial charge in [-0.25, -0.2) is 0 Å². The Bertz CT molecular complexity index is 2630. The Labute approximate surface area is 292 Å². The minimum Gasteiger partial charge on any atom is -0.309 e. The fourth-order valence-electron chi connectivity index (χ4n) is 7.37. The van der Waals surface area contributed by atoms with Crippen molar-refractivity contribution in [1.82, 2.24) is 4.57 Å². The standard InChI is InChI=1S/C47H33N3/c1-32-11-2-5-15-41(32)43-17-7-4-13-36(43)22-21-35-12-3-6-16-42(35)39-28-33(30-48)27-38(29-39)34-23-25-40(26-24-34)50-45-19-9-8-18-44(45)47-37(31-49)14-10-20-46(47)50/h2-20,23-29H,21-22H2,1H3. The highest BCUT2D eigenvalue weighted by molar-refractivity contribution is 6.11. The lowest BCUT2D eigenvalue weighted by molar-refractivity contribution is 0.964. The average molecular weight is 640 g/mol. The summed E-state index contributed by atoms with van der Waals surface area (Å²) in [5, 5.41) is 22.0. The predicted octanol–water partition coefficient (Wildman–Crippen LogP) is 11.6. The molecule has 0 atom stereocenters. The summed E-state index contributed by atoms with van der Waals surface area (Å²) >= 11 is 0. The topological polar surface area (TPSA) is 52.5 Å². The fourth-order valence-corrected chi connectivity index (χ4v) is 7.37. The summed E-state index contributed by atoms with van der Waals surface area (Å²) < 4.78 is 2.22. The third kappa shape index (κ3) is 5.52. The smallest absolute Gasteiger partial charge is 0.0998 e. The van der Waals surface area contributed by atoms with Crippen molar-refractivity contribution in [2.75, 3.05) is 0 Å². The Balaban J connectivity index is 1.14. The lowest BCUT2D eigenvalue weighted by Gasteiger charge is -2.15. The van der Waals surface area contributed by atoms with Crippen molar-refractivity contribution >= 4 is 21.8 Å². The fraction of sp³-hybridized carbons (Fsp3) is 0.0638. The first-order valence-corrected chi connectivity index (χ1v) is 16.9. The largest absolute Gasteiger partial charge is 0.309 e.